The molecular formula is C22H23NO2. The van der Waals surface area contributed by atoms with Crippen molar-refractivity contribution in [3.8, 4) is 5.75 Å². The second kappa shape index (κ2) is 7.84. The Morgan fingerprint density at radius 1 is 1.00 bits per heavy atom. The predicted octanol–water partition coefficient (Wildman–Crippen LogP) is 4.66. The minimum atomic E-state index is -0.125. The highest BCUT2D eigenvalue weighted by molar-refractivity contribution is 5.88. The van der Waals surface area contributed by atoms with Gasteiger partial charge in [0.05, 0.1) is 6.04 Å². The minimum Gasteiger partial charge on any atom is -0.483 e. The van der Waals surface area contributed by atoms with E-state index in [9.17, 15) is 4.79 Å². The zero-order valence-corrected chi connectivity index (χ0v) is 14.7. The Hall–Kier alpha value is -2.81. The topological polar surface area (TPSA) is 38.3 Å². The first-order valence-electron chi connectivity index (χ1n) is 8.66. The third-order valence-electron chi connectivity index (χ3n) is 4.37. The molecule has 0 aliphatic carbocycles. The quantitative estimate of drug-likeness (QED) is 0.712. The van der Waals surface area contributed by atoms with Gasteiger partial charge in [0.2, 0.25) is 0 Å². The highest BCUT2D eigenvalue weighted by Crippen LogP contribution is 2.25. The van der Waals surface area contributed by atoms with Crippen molar-refractivity contribution in [3.63, 3.8) is 0 Å². The van der Waals surface area contributed by atoms with E-state index in [1.54, 1.807) is 0 Å². The molecule has 3 heteroatoms. The summed E-state index contributed by atoms with van der Waals surface area (Å²) in [5.74, 6) is 0.605. The molecule has 1 amide bonds. The fourth-order valence-electron chi connectivity index (χ4n) is 2.87. The van der Waals surface area contributed by atoms with Crippen molar-refractivity contribution < 1.29 is 9.53 Å². The number of hydrogen-bond acceptors (Lipinski definition) is 2. The molecule has 0 spiro atoms. The Balaban J connectivity index is 1.60. The second-order valence-corrected chi connectivity index (χ2v) is 6.15. The van der Waals surface area contributed by atoms with Crippen LogP contribution in [0.5, 0.6) is 5.75 Å². The van der Waals surface area contributed by atoms with Gasteiger partial charge in [-0.05, 0) is 35.9 Å². The van der Waals surface area contributed by atoms with Gasteiger partial charge in [0.25, 0.3) is 5.91 Å². The highest BCUT2D eigenvalue weighted by atomic mass is 16.5. The van der Waals surface area contributed by atoms with Crippen LogP contribution < -0.4 is 10.1 Å². The standard InChI is InChI=1S/C22H23NO2/c1-3-17-11-13-18(14-12-17)16(2)23-22(24)15-25-21-10-6-8-19-7-4-5-9-20(19)21/h4-14,16H,3,15H2,1-2H3,(H,23,24). The van der Waals surface area contributed by atoms with E-state index < -0.39 is 0 Å². The smallest absolute Gasteiger partial charge is 0.258 e. The van der Waals surface area contributed by atoms with E-state index >= 15 is 0 Å². The summed E-state index contributed by atoms with van der Waals surface area (Å²) in [5, 5.41) is 5.10. The van der Waals surface area contributed by atoms with Gasteiger partial charge in [-0.1, -0.05) is 67.6 Å². The van der Waals surface area contributed by atoms with Gasteiger partial charge in [-0.3, -0.25) is 4.79 Å². The average molecular weight is 333 g/mol. The van der Waals surface area contributed by atoms with E-state index in [0.717, 1.165) is 28.5 Å². The lowest BCUT2D eigenvalue weighted by molar-refractivity contribution is -0.123. The van der Waals surface area contributed by atoms with Crippen molar-refractivity contribution in [2.75, 3.05) is 6.61 Å². The molecule has 0 aliphatic heterocycles. The average Bonchev–Trinajstić information content (AvgIpc) is 2.66. The van der Waals surface area contributed by atoms with Gasteiger partial charge in [0.15, 0.2) is 6.61 Å². The van der Waals surface area contributed by atoms with Gasteiger partial charge >= 0.3 is 0 Å². The van der Waals surface area contributed by atoms with Crippen molar-refractivity contribution in [3.05, 3.63) is 77.9 Å². The first-order valence-corrected chi connectivity index (χ1v) is 8.66. The molecule has 0 saturated carbocycles. The van der Waals surface area contributed by atoms with Crippen molar-refractivity contribution in [1.29, 1.82) is 0 Å². The number of carbonyl (C=O) groups excluding carboxylic acids is 1. The van der Waals surface area contributed by atoms with Gasteiger partial charge in [0, 0.05) is 5.39 Å². The van der Waals surface area contributed by atoms with Crippen molar-refractivity contribution >= 4 is 16.7 Å². The summed E-state index contributed by atoms with van der Waals surface area (Å²) in [6.07, 6.45) is 1.01. The van der Waals surface area contributed by atoms with Crippen LogP contribution >= 0.6 is 0 Å². The molecule has 0 bridgehead atoms. The van der Waals surface area contributed by atoms with Gasteiger partial charge < -0.3 is 10.1 Å². The fourth-order valence-corrected chi connectivity index (χ4v) is 2.87. The molecule has 1 unspecified atom stereocenters. The van der Waals surface area contributed by atoms with E-state index in [2.05, 4.69) is 36.5 Å². The van der Waals surface area contributed by atoms with Crippen LogP contribution in [0.15, 0.2) is 66.7 Å². The van der Waals surface area contributed by atoms with Crippen LogP contribution in [0.2, 0.25) is 0 Å². The Morgan fingerprint density at radius 2 is 1.72 bits per heavy atom. The van der Waals surface area contributed by atoms with Crippen LogP contribution in [0, 0.1) is 0 Å². The largest absolute Gasteiger partial charge is 0.483 e. The summed E-state index contributed by atoms with van der Waals surface area (Å²) in [4.78, 5) is 12.2. The van der Waals surface area contributed by atoms with Gasteiger partial charge in [-0.25, -0.2) is 0 Å². The maximum atomic E-state index is 12.2. The van der Waals surface area contributed by atoms with E-state index in [0.29, 0.717) is 0 Å². The molecule has 3 rings (SSSR count). The molecule has 0 aromatic heterocycles. The molecule has 0 heterocycles. The summed E-state index contributed by atoms with van der Waals surface area (Å²) in [5.41, 5.74) is 2.39. The lowest BCUT2D eigenvalue weighted by Gasteiger charge is -2.15. The zero-order chi connectivity index (χ0) is 17.6. The number of nitrogens with one attached hydrogen (secondary N) is 1. The maximum absolute atomic E-state index is 12.2. The Kier molecular flexibility index (Phi) is 5.34. The van der Waals surface area contributed by atoms with E-state index in [1.165, 1.54) is 5.56 Å². The molecule has 0 aliphatic rings. The molecule has 3 aromatic carbocycles. The summed E-state index contributed by atoms with van der Waals surface area (Å²) < 4.78 is 5.74. The van der Waals surface area contributed by atoms with Crippen LogP contribution in [0.25, 0.3) is 10.8 Å². The molecule has 3 aromatic rings. The predicted molar refractivity (Wildman–Crippen MR) is 102 cm³/mol. The van der Waals surface area contributed by atoms with E-state index in [-0.39, 0.29) is 18.6 Å². The molecule has 3 nitrogen and oxygen atoms in total. The number of amides is 1. The lowest BCUT2D eigenvalue weighted by Crippen LogP contribution is -2.31. The van der Waals surface area contributed by atoms with Gasteiger partial charge in [0.1, 0.15) is 5.75 Å². The highest BCUT2D eigenvalue weighted by Gasteiger charge is 2.11. The SMILES string of the molecule is CCc1ccc(C(C)NC(=O)COc2cccc3ccccc23)cc1. The number of fused-ring (bicyclic) bond motifs is 1. The normalized spacial score (nSPS) is 11.9. The van der Waals surface area contributed by atoms with Crippen LogP contribution in [0.3, 0.4) is 0 Å². The number of aryl methyl sites for hydroxylation is 1. The van der Waals surface area contributed by atoms with Crippen molar-refractivity contribution in [2.24, 2.45) is 0 Å². The Bertz CT molecular complexity index is 850. The summed E-state index contributed by atoms with van der Waals surface area (Å²) in [7, 11) is 0. The monoisotopic (exact) mass is 333 g/mol. The fraction of sp³-hybridized carbons (Fsp3) is 0.227. The third kappa shape index (κ3) is 4.18. The minimum absolute atomic E-state index is 0.00535. The molecule has 0 radical (unpaired) electrons. The van der Waals surface area contributed by atoms with Crippen LogP contribution in [-0.2, 0) is 11.2 Å². The summed E-state index contributed by atoms with van der Waals surface area (Å²) in [6, 6.07) is 22.1. The number of ether oxygens (including phenoxy) is 1. The Labute approximate surface area is 148 Å². The summed E-state index contributed by atoms with van der Waals surface area (Å²) >= 11 is 0. The molecular weight excluding hydrogens is 310 g/mol. The van der Waals surface area contributed by atoms with E-state index in [1.807, 2.05) is 49.4 Å². The number of benzene rings is 3. The zero-order valence-electron chi connectivity index (χ0n) is 14.7. The van der Waals surface area contributed by atoms with Gasteiger partial charge in [-0.2, -0.15) is 0 Å². The van der Waals surface area contributed by atoms with E-state index in [4.69, 9.17) is 4.74 Å². The molecule has 128 valence electrons. The Morgan fingerprint density at radius 3 is 2.48 bits per heavy atom. The number of carbonyl (C=O) groups is 1. The van der Waals surface area contributed by atoms with Crippen LogP contribution in [0.1, 0.15) is 31.0 Å². The van der Waals surface area contributed by atoms with Gasteiger partial charge in [-0.15, -0.1) is 0 Å². The molecule has 1 atom stereocenters. The molecule has 1 N–H and O–H groups in total. The first kappa shape index (κ1) is 17.0. The molecule has 0 fully saturated rings. The molecule has 25 heavy (non-hydrogen) atoms. The lowest BCUT2D eigenvalue weighted by atomic mass is 10.1. The first-order chi connectivity index (χ1) is 12.2. The number of hydrogen-bond donors (Lipinski definition) is 1. The van der Waals surface area contributed by atoms with Crippen LogP contribution in [0.4, 0.5) is 0 Å². The third-order valence-corrected chi connectivity index (χ3v) is 4.37. The number of rotatable bonds is 6. The van der Waals surface area contributed by atoms with Crippen molar-refractivity contribution in [2.45, 2.75) is 26.3 Å². The maximum Gasteiger partial charge on any atom is 0.258 e. The molecule has 0 saturated heterocycles. The summed E-state index contributed by atoms with van der Waals surface area (Å²) in [6.45, 7) is 4.12. The second-order valence-electron chi connectivity index (χ2n) is 6.15. The van der Waals surface area contributed by atoms with Crippen LogP contribution in [-0.4, -0.2) is 12.5 Å². The van der Waals surface area contributed by atoms with Crippen molar-refractivity contribution in [1.82, 2.24) is 5.32 Å².